The standard InChI is InChI=1S/C33H40FN3O4S/c1-23(2)26-15-17-29(18-16-26)37(42(40,41)30-19-13-24(3)14-20-30)22-32(38)36(21-27-9-5-8-12-31(27)34)25(4)33(39)35-28-10-6-7-11-28/h5,8-9,12-20,23,25,28H,6-7,10-11,21-22H2,1-4H3,(H,35,39)/t25-/m0/s1. The van der Waals surface area contributed by atoms with Gasteiger partial charge < -0.3 is 10.2 Å². The van der Waals surface area contributed by atoms with Crippen molar-refractivity contribution >= 4 is 27.5 Å². The molecule has 0 unspecified atom stereocenters. The second-order valence-corrected chi connectivity index (χ2v) is 13.2. The second-order valence-electron chi connectivity index (χ2n) is 11.3. The van der Waals surface area contributed by atoms with Crippen molar-refractivity contribution in [2.24, 2.45) is 0 Å². The molecule has 1 N–H and O–H groups in total. The number of hydrogen-bond acceptors (Lipinski definition) is 4. The molecule has 0 heterocycles. The summed E-state index contributed by atoms with van der Waals surface area (Å²) in [5, 5.41) is 3.02. The summed E-state index contributed by atoms with van der Waals surface area (Å²) in [5.74, 6) is -1.23. The molecular formula is C33H40FN3O4S. The number of nitrogens with zero attached hydrogens (tertiary/aromatic N) is 2. The van der Waals surface area contributed by atoms with E-state index in [1.807, 2.05) is 32.9 Å². The minimum Gasteiger partial charge on any atom is -0.352 e. The second kappa shape index (κ2) is 13.5. The molecule has 1 saturated carbocycles. The maximum Gasteiger partial charge on any atom is 0.264 e. The molecule has 0 saturated heterocycles. The summed E-state index contributed by atoms with van der Waals surface area (Å²) in [6.45, 7) is 6.79. The van der Waals surface area contributed by atoms with Gasteiger partial charge in [-0.25, -0.2) is 12.8 Å². The minimum atomic E-state index is -4.17. The SMILES string of the molecule is Cc1ccc(S(=O)(=O)N(CC(=O)N(Cc2ccccc2F)[C@@H](C)C(=O)NC2CCCC2)c2ccc(C(C)C)cc2)cc1. The van der Waals surface area contributed by atoms with Crippen LogP contribution in [0.3, 0.4) is 0 Å². The molecule has 2 amide bonds. The number of halogens is 1. The predicted molar refractivity (Wildman–Crippen MR) is 163 cm³/mol. The van der Waals surface area contributed by atoms with E-state index in [4.69, 9.17) is 0 Å². The highest BCUT2D eigenvalue weighted by Crippen LogP contribution is 2.27. The number of benzene rings is 3. The number of amides is 2. The molecule has 0 aromatic heterocycles. The molecule has 3 aromatic carbocycles. The van der Waals surface area contributed by atoms with Crippen LogP contribution in [0.4, 0.5) is 10.1 Å². The van der Waals surface area contributed by atoms with Crippen LogP contribution in [0.15, 0.2) is 77.7 Å². The maximum atomic E-state index is 14.7. The van der Waals surface area contributed by atoms with Crippen LogP contribution in [0.1, 0.15) is 69.1 Å². The number of rotatable bonds is 11. The van der Waals surface area contributed by atoms with Crippen molar-refractivity contribution in [3.05, 3.63) is 95.3 Å². The number of hydrogen-bond donors (Lipinski definition) is 1. The van der Waals surface area contributed by atoms with Crippen molar-refractivity contribution in [2.75, 3.05) is 10.8 Å². The summed E-state index contributed by atoms with van der Waals surface area (Å²) >= 11 is 0. The molecule has 0 spiro atoms. The molecule has 3 aromatic rings. The lowest BCUT2D eigenvalue weighted by atomic mass is 10.0. The zero-order valence-corrected chi connectivity index (χ0v) is 25.5. The first kappa shape index (κ1) is 31.2. The molecule has 0 radical (unpaired) electrons. The lowest BCUT2D eigenvalue weighted by Gasteiger charge is -2.32. The van der Waals surface area contributed by atoms with Crippen molar-refractivity contribution in [3.63, 3.8) is 0 Å². The Labute approximate surface area is 248 Å². The Kier molecular flexibility index (Phi) is 10.0. The number of sulfonamides is 1. The van der Waals surface area contributed by atoms with E-state index in [9.17, 15) is 22.4 Å². The fraction of sp³-hybridized carbons (Fsp3) is 0.394. The molecule has 0 aliphatic heterocycles. The van der Waals surface area contributed by atoms with Gasteiger partial charge in [0, 0.05) is 18.2 Å². The first-order valence-corrected chi connectivity index (χ1v) is 15.9. The van der Waals surface area contributed by atoms with Crippen molar-refractivity contribution in [1.82, 2.24) is 10.2 Å². The van der Waals surface area contributed by atoms with Crippen LogP contribution in [-0.4, -0.2) is 43.8 Å². The van der Waals surface area contributed by atoms with Crippen LogP contribution in [0.25, 0.3) is 0 Å². The van der Waals surface area contributed by atoms with E-state index in [0.717, 1.165) is 41.1 Å². The van der Waals surface area contributed by atoms with Gasteiger partial charge in [0.25, 0.3) is 10.0 Å². The lowest BCUT2D eigenvalue weighted by molar-refractivity contribution is -0.139. The third-order valence-electron chi connectivity index (χ3n) is 7.90. The number of carbonyl (C=O) groups is 2. The van der Waals surface area contributed by atoms with Gasteiger partial charge in [-0.05, 0) is 68.5 Å². The van der Waals surface area contributed by atoms with Crippen molar-refractivity contribution in [3.8, 4) is 0 Å². The van der Waals surface area contributed by atoms with E-state index in [1.54, 1.807) is 49.4 Å². The molecule has 9 heteroatoms. The molecule has 42 heavy (non-hydrogen) atoms. The Morgan fingerprint density at radius 1 is 0.929 bits per heavy atom. The Bertz CT molecular complexity index is 1480. The van der Waals surface area contributed by atoms with Crippen molar-refractivity contribution in [2.45, 2.75) is 82.8 Å². The van der Waals surface area contributed by atoms with E-state index in [1.165, 1.54) is 23.1 Å². The van der Waals surface area contributed by atoms with Crippen LogP contribution >= 0.6 is 0 Å². The fourth-order valence-corrected chi connectivity index (χ4v) is 6.59. The predicted octanol–water partition coefficient (Wildman–Crippen LogP) is 5.93. The molecular weight excluding hydrogens is 553 g/mol. The van der Waals surface area contributed by atoms with Crippen LogP contribution in [-0.2, 0) is 26.2 Å². The highest BCUT2D eigenvalue weighted by Gasteiger charge is 2.33. The normalized spacial score (nSPS) is 14.5. The van der Waals surface area contributed by atoms with Gasteiger partial charge in [-0.1, -0.05) is 74.7 Å². The zero-order valence-electron chi connectivity index (χ0n) is 24.7. The van der Waals surface area contributed by atoms with E-state index < -0.39 is 34.3 Å². The highest BCUT2D eigenvalue weighted by atomic mass is 32.2. The Morgan fingerprint density at radius 3 is 2.14 bits per heavy atom. The summed E-state index contributed by atoms with van der Waals surface area (Å²) in [6.07, 6.45) is 3.79. The third kappa shape index (κ3) is 7.37. The number of carbonyl (C=O) groups excluding carboxylic acids is 2. The summed E-state index contributed by atoms with van der Waals surface area (Å²) in [5.41, 5.74) is 2.48. The van der Waals surface area contributed by atoms with Gasteiger partial charge in [0.15, 0.2) is 0 Å². The van der Waals surface area contributed by atoms with Gasteiger partial charge in [-0.15, -0.1) is 0 Å². The Morgan fingerprint density at radius 2 is 1.55 bits per heavy atom. The smallest absolute Gasteiger partial charge is 0.264 e. The topological polar surface area (TPSA) is 86.8 Å². The van der Waals surface area contributed by atoms with Gasteiger partial charge >= 0.3 is 0 Å². The van der Waals surface area contributed by atoms with Crippen molar-refractivity contribution < 1.29 is 22.4 Å². The molecule has 7 nitrogen and oxygen atoms in total. The Hall–Kier alpha value is -3.72. The minimum absolute atomic E-state index is 0.0308. The molecule has 1 atom stereocenters. The van der Waals surface area contributed by atoms with Crippen LogP contribution in [0, 0.1) is 12.7 Å². The van der Waals surface area contributed by atoms with E-state index in [2.05, 4.69) is 5.32 Å². The van der Waals surface area contributed by atoms with Gasteiger partial charge in [0.1, 0.15) is 18.4 Å². The summed E-state index contributed by atoms with van der Waals surface area (Å²) in [7, 11) is -4.17. The summed E-state index contributed by atoms with van der Waals surface area (Å²) in [6, 6.07) is 18.6. The van der Waals surface area contributed by atoms with Gasteiger partial charge in [0.05, 0.1) is 10.6 Å². The molecule has 1 aliphatic rings. The maximum absolute atomic E-state index is 14.7. The zero-order chi connectivity index (χ0) is 30.4. The summed E-state index contributed by atoms with van der Waals surface area (Å²) in [4.78, 5) is 28.7. The van der Waals surface area contributed by atoms with Gasteiger partial charge in [-0.3, -0.25) is 13.9 Å². The monoisotopic (exact) mass is 593 g/mol. The average Bonchev–Trinajstić information content (AvgIpc) is 3.48. The van der Waals surface area contributed by atoms with E-state index >= 15 is 0 Å². The third-order valence-corrected chi connectivity index (χ3v) is 9.69. The quantitative estimate of drug-likeness (QED) is 0.299. The molecule has 1 fully saturated rings. The Balaban J connectivity index is 1.70. The van der Waals surface area contributed by atoms with Crippen molar-refractivity contribution in [1.29, 1.82) is 0 Å². The van der Waals surface area contributed by atoms with Gasteiger partial charge in [0.2, 0.25) is 11.8 Å². The molecule has 4 rings (SSSR count). The first-order chi connectivity index (χ1) is 20.0. The molecule has 1 aliphatic carbocycles. The molecule has 224 valence electrons. The first-order valence-electron chi connectivity index (χ1n) is 14.5. The average molecular weight is 594 g/mol. The van der Waals surface area contributed by atoms with Crippen LogP contribution in [0.2, 0.25) is 0 Å². The fourth-order valence-electron chi connectivity index (χ4n) is 5.18. The number of anilines is 1. The van der Waals surface area contributed by atoms with Crippen LogP contribution < -0.4 is 9.62 Å². The number of nitrogens with one attached hydrogen (secondary N) is 1. The largest absolute Gasteiger partial charge is 0.352 e. The number of aryl methyl sites for hydroxylation is 1. The molecule has 0 bridgehead atoms. The van der Waals surface area contributed by atoms with E-state index in [-0.39, 0.29) is 34.9 Å². The highest BCUT2D eigenvalue weighted by molar-refractivity contribution is 7.92. The lowest BCUT2D eigenvalue weighted by Crippen LogP contribution is -2.52. The van der Waals surface area contributed by atoms with Crippen LogP contribution in [0.5, 0.6) is 0 Å². The van der Waals surface area contributed by atoms with Gasteiger partial charge in [-0.2, -0.15) is 0 Å². The summed E-state index contributed by atoms with van der Waals surface area (Å²) < 4.78 is 43.8. The van der Waals surface area contributed by atoms with E-state index in [0.29, 0.717) is 5.69 Å².